The predicted octanol–water partition coefficient (Wildman–Crippen LogP) is 2.69. The van der Waals surface area contributed by atoms with Crippen LogP contribution in [0.3, 0.4) is 0 Å². The van der Waals surface area contributed by atoms with E-state index in [-0.39, 0.29) is 17.7 Å². The van der Waals surface area contributed by atoms with Crippen LogP contribution < -0.4 is 0 Å². The zero-order chi connectivity index (χ0) is 13.6. The van der Waals surface area contributed by atoms with Crippen LogP contribution in [0.25, 0.3) is 0 Å². The van der Waals surface area contributed by atoms with Crippen molar-refractivity contribution in [3.05, 3.63) is 20.8 Å². The highest BCUT2D eigenvalue weighted by Crippen LogP contribution is 2.44. The quantitative estimate of drug-likeness (QED) is 0.917. The Bertz CT molecular complexity index is 526. The Kier molecular flexibility index (Phi) is 3.39. The minimum atomic E-state index is -0.764. The summed E-state index contributed by atoms with van der Waals surface area (Å²) < 4.78 is 0.920. The minimum absolute atomic E-state index is 0.0369. The van der Waals surface area contributed by atoms with Crippen LogP contribution in [0.1, 0.15) is 22.5 Å². The summed E-state index contributed by atoms with van der Waals surface area (Å²) in [5.74, 6) is -0.539. The van der Waals surface area contributed by atoms with Crippen molar-refractivity contribution < 1.29 is 14.7 Å². The fourth-order valence-electron chi connectivity index (χ4n) is 2.84. The molecule has 1 aliphatic carbocycles. The topological polar surface area (TPSA) is 57.6 Å². The number of thiophene rings is 1. The van der Waals surface area contributed by atoms with Gasteiger partial charge in [0.05, 0.1) is 14.6 Å². The van der Waals surface area contributed by atoms with Crippen molar-refractivity contribution in [3.63, 3.8) is 0 Å². The van der Waals surface area contributed by atoms with E-state index in [0.29, 0.717) is 23.9 Å². The van der Waals surface area contributed by atoms with Crippen LogP contribution in [0, 0.1) is 17.8 Å². The zero-order valence-electron chi connectivity index (χ0n) is 10.2. The Morgan fingerprint density at radius 3 is 2.58 bits per heavy atom. The maximum absolute atomic E-state index is 12.3. The van der Waals surface area contributed by atoms with Crippen LogP contribution in [0.5, 0.6) is 0 Å². The summed E-state index contributed by atoms with van der Waals surface area (Å²) in [7, 11) is 0. The van der Waals surface area contributed by atoms with Gasteiger partial charge in [0.15, 0.2) is 0 Å². The number of nitrogens with zero attached hydrogens (tertiary/aromatic N) is 1. The first-order valence-electron chi connectivity index (χ1n) is 6.33. The third-order valence-electron chi connectivity index (χ3n) is 3.98. The molecule has 0 aromatic carbocycles. The molecule has 1 saturated carbocycles. The number of halogens is 1. The predicted molar refractivity (Wildman–Crippen MR) is 75.3 cm³/mol. The fourth-order valence-corrected chi connectivity index (χ4v) is 4.20. The number of carbonyl (C=O) groups excluding carboxylic acids is 1. The highest BCUT2D eigenvalue weighted by molar-refractivity contribution is 9.11. The third kappa shape index (κ3) is 2.56. The molecule has 1 aromatic heterocycles. The van der Waals surface area contributed by atoms with Crippen LogP contribution in [-0.4, -0.2) is 35.0 Å². The van der Waals surface area contributed by atoms with E-state index in [1.165, 1.54) is 11.3 Å². The van der Waals surface area contributed by atoms with E-state index in [1.54, 1.807) is 11.0 Å². The molecule has 102 valence electrons. The Morgan fingerprint density at radius 2 is 2.05 bits per heavy atom. The summed E-state index contributed by atoms with van der Waals surface area (Å²) in [5, 5.41) is 9.29. The summed E-state index contributed by atoms with van der Waals surface area (Å²) in [5.41, 5.74) is 0. The molecule has 0 bridgehead atoms. The highest BCUT2D eigenvalue weighted by atomic mass is 79.9. The number of likely N-dealkylation sites (tertiary alicyclic amines) is 1. The number of carboxylic acid groups (broad SMARTS) is 1. The molecule has 3 rings (SSSR count). The Hall–Kier alpha value is -0.880. The van der Waals surface area contributed by atoms with Gasteiger partial charge >= 0.3 is 5.97 Å². The molecular formula is C13H14BrNO3S. The molecule has 1 saturated heterocycles. The lowest BCUT2D eigenvalue weighted by atomic mass is 9.92. The van der Waals surface area contributed by atoms with Crippen molar-refractivity contribution >= 4 is 39.1 Å². The van der Waals surface area contributed by atoms with Gasteiger partial charge in [0.1, 0.15) is 0 Å². The number of hydrogen-bond acceptors (Lipinski definition) is 3. The van der Waals surface area contributed by atoms with Gasteiger partial charge in [-0.2, -0.15) is 0 Å². The largest absolute Gasteiger partial charge is 0.481 e. The molecule has 0 unspecified atom stereocenters. The average Bonchev–Trinajstić information content (AvgIpc) is 2.96. The number of carboxylic acids is 1. The first kappa shape index (κ1) is 13.1. The molecule has 1 amide bonds. The Balaban J connectivity index is 1.75. The molecule has 4 nitrogen and oxygen atoms in total. The van der Waals surface area contributed by atoms with Gasteiger partial charge < -0.3 is 10.0 Å². The van der Waals surface area contributed by atoms with Gasteiger partial charge in [-0.05, 0) is 52.7 Å². The molecule has 1 N–H and O–H groups in total. The standard InChI is InChI=1S/C13H14BrNO3S/c14-11-4-3-10(19-11)12(16)15-5-8(7-1-2-7)9(6-15)13(17)18/h3-4,7-9H,1-2,5-6H2,(H,17,18)/t8-,9+/m1/s1. The maximum atomic E-state index is 12.3. The van der Waals surface area contributed by atoms with E-state index < -0.39 is 5.97 Å². The van der Waals surface area contributed by atoms with Crippen molar-refractivity contribution in [1.82, 2.24) is 4.90 Å². The van der Waals surface area contributed by atoms with Crippen LogP contribution in [-0.2, 0) is 4.79 Å². The lowest BCUT2D eigenvalue weighted by molar-refractivity contribution is -0.142. The van der Waals surface area contributed by atoms with E-state index in [0.717, 1.165) is 16.6 Å². The minimum Gasteiger partial charge on any atom is -0.481 e. The van der Waals surface area contributed by atoms with E-state index in [4.69, 9.17) is 0 Å². The average molecular weight is 344 g/mol. The number of hydrogen-bond donors (Lipinski definition) is 1. The molecule has 0 spiro atoms. The van der Waals surface area contributed by atoms with E-state index >= 15 is 0 Å². The molecule has 2 heterocycles. The van der Waals surface area contributed by atoms with Gasteiger partial charge in [0.2, 0.25) is 0 Å². The normalized spacial score (nSPS) is 26.7. The highest BCUT2D eigenvalue weighted by Gasteiger charge is 2.47. The molecule has 0 radical (unpaired) electrons. The summed E-state index contributed by atoms with van der Waals surface area (Å²) in [6, 6.07) is 3.64. The lowest BCUT2D eigenvalue weighted by Gasteiger charge is -2.14. The summed E-state index contributed by atoms with van der Waals surface area (Å²) in [6.07, 6.45) is 2.22. The van der Waals surface area contributed by atoms with Gasteiger partial charge in [0.25, 0.3) is 5.91 Å². The van der Waals surface area contributed by atoms with Crippen LogP contribution in [0.15, 0.2) is 15.9 Å². The fraction of sp³-hybridized carbons (Fsp3) is 0.538. The van der Waals surface area contributed by atoms with E-state index in [1.807, 2.05) is 6.07 Å². The van der Waals surface area contributed by atoms with Crippen molar-refractivity contribution in [2.45, 2.75) is 12.8 Å². The third-order valence-corrected chi connectivity index (χ3v) is 5.59. The SMILES string of the molecule is O=C(O)[C@H]1CN(C(=O)c2ccc(Br)s2)C[C@@H]1C1CC1. The molecule has 6 heteroatoms. The summed E-state index contributed by atoms with van der Waals surface area (Å²) >= 11 is 4.74. The first-order chi connectivity index (χ1) is 9.06. The van der Waals surface area contributed by atoms with Crippen molar-refractivity contribution in [2.75, 3.05) is 13.1 Å². The molecule has 2 fully saturated rings. The number of amides is 1. The van der Waals surface area contributed by atoms with E-state index in [2.05, 4.69) is 15.9 Å². The van der Waals surface area contributed by atoms with Crippen LogP contribution in [0.4, 0.5) is 0 Å². The molecule has 2 atom stereocenters. The second-order valence-corrected chi connectivity index (χ2v) is 7.72. The van der Waals surface area contributed by atoms with E-state index in [9.17, 15) is 14.7 Å². The first-order valence-corrected chi connectivity index (χ1v) is 7.94. The number of aliphatic carboxylic acids is 1. The van der Waals surface area contributed by atoms with Gasteiger partial charge in [0, 0.05) is 13.1 Å². The molecule has 1 aliphatic heterocycles. The number of carbonyl (C=O) groups is 2. The lowest BCUT2D eigenvalue weighted by Crippen LogP contribution is -2.29. The van der Waals surface area contributed by atoms with Gasteiger partial charge in [-0.1, -0.05) is 0 Å². The Labute approximate surface area is 123 Å². The van der Waals surface area contributed by atoms with Crippen LogP contribution in [0.2, 0.25) is 0 Å². The maximum Gasteiger partial charge on any atom is 0.308 e. The molecule has 2 aliphatic rings. The van der Waals surface area contributed by atoms with Gasteiger partial charge in [-0.25, -0.2) is 0 Å². The van der Waals surface area contributed by atoms with Gasteiger partial charge in [-0.3, -0.25) is 9.59 Å². The van der Waals surface area contributed by atoms with Crippen molar-refractivity contribution in [3.8, 4) is 0 Å². The number of rotatable bonds is 3. The second-order valence-electron chi connectivity index (χ2n) is 5.26. The van der Waals surface area contributed by atoms with Crippen molar-refractivity contribution in [2.24, 2.45) is 17.8 Å². The van der Waals surface area contributed by atoms with Gasteiger partial charge in [-0.15, -0.1) is 11.3 Å². The molecular weight excluding hydrogens is 330 g/mol. The van der Waals surface area contributed by atoms with Crippen LogP contribution >= 0.6 is 27.3 Å². The monoisotopic (exact) mass is 343 g/mol. The second kappa shape index (κ2) is 4.90. The van der Waals surface area contributed by atoms with Crippen molar-refractivity contribution in [1.29, 1.82) is 0 Å². The zero-order valence-corrected chi connectivity index (χ0v) is 12.6. The molecule has 1 aromatic rings. The summed E-state index contributed by atoms with van der Waals surface area (Å²) in [4.78, 5) is 26.0. The summed E-state index contributed by atoms with van der Waals surface area (Å²) in [6.45, 7) is 0.945. The Morgan fingerprint density at radius 1 is 1.32 bits per heavy atom. The smallest absolute Gasteiger partial charge is 0.308 e. The molecule has 19 heavy (non-hydrogen) atoms.